The maximum Gasteiger partial charge on any atom is 0.303 e. The van der Waals surface area contributed by atoms with E-state index in [-0.39, 0.29) is 31.4 Å². The molecule has 94 valence electrons. The highest BCUT2D eigenvalue weighted by molar-refractivity contribution is 5.82. The molecule has 5 N–H and O–H groups in total. The molecule has 0 saturated heterocycles. The second kappa shape index (κ2) is 8.06. The second-order valence-electron chi connectivity index (χ2n) is 3.81. The average Bonchev–Trinajstić information content (AvgIpc) is 2.22. The van der Waals surface area contributed by atoms with Crippen molar-refractivity contribution < 1.29 is 19.8 Å². The zero-order valence-electron chi connectivity index (χ0n) is 9.48. The minimum Gasteiger partial charge on any atom is -0.481 e. The van der Waals surface area contributed by atoms with Crippen molar-refractivity contribution >= 4 is 11.9 Å². The molecule has 0 aromatic heterocycles. The van der Waals surface area contributed by atoms with Crippen LogP contribution in [0.3, 0.4) is 0 Å². The lowest BCUT2D eigenvalue weighted by atomic mass is 10.1. The van der Waals surface area contributed by atoms with E-state index in [1.807, 2.05) is 6.92 Å². The summed E-state index contributed by atoms with van der Waals surface area (Å²) in [7, 11) is 0. The Morgan fingerprint density at radius 3 is 2.50 bits per heavy atom. The summed E-state index contributed by atoms with van der Waals surface area (Å²) in [5.74, 6) is -1.30. The minimum absolute atomic E-state index is 0.0597. The third-order valence-electron chi connectivity index (χ3n) is 2.19. The molecular formula is C10H20N2O4. The number of aliphatic hydroxyl groups excluding tert-OH is 1. The van der Waals surface area contributed by atoms with Crippen LogP contribution in [0.5, 0.6) is 0 Å². The van der Waals surface area contributed by atoms with Crippen molar-refractivity contribution in [2.75, 3.05) is 6.61 Å². The van der Waals surface area contributed by atoms with E-state index in [0.29, 0.717) is 12.8 Å². The summed E-state index contributed by atoms with van der Waals surface area (Å²) in [4.78, 5) is 21.7. The molecule has 6 heteroatoms. The van der Waals surface area contributed by atoms with Crippen LogP contribution in [0, 0.1) is 0 Å². The summed E-state index contributed by atoms with van der Waals surface area (Å²) in [5.41, 5.74) is 5.52. The van der Waals surface area contributed by atoms with Gasteiger partial charge in [-0.3, -0.25) is 9.59 Å². The largest absolute Gasteiger partial charge is 0.481 e. The maximum atomic E-state index is 11.4. The van der Waals surface area contributed by atoms with Crippen LogP contribution in [0.1, 0.15) is 32.6 Å². The van der Waals surface area contributed by atoms with Crippen LogP contribution in [0.25, 0.3) is 0 Å². The SMILES string of the molecule is CC(CCCO)NC(=O)C(N)CCC(=O)O. The van der Waals surface area contributed by atoms with E-state index < -0.39 is 12.0 Å². The molecule has 16 heavy (non-hydrogen) atoms. The smallest absolute Gasteiger partial charge is 0.303 e. The fourth-order valence-electron chi connectivity index (χ4n) is 1.23. The lowest BCUT2D eigenvalue weighted by Crippen LogP contribution is -2.44. The Balaban J connectivity index is 3.81. The third-order valence-corrected chi connectivity index (χ3v) is 2.19. The highest BCUT2D eigenvalue weighted by atomic mass is 16.4. The number of rotatable bonds is 8. The van der Waals surface area contributed by atoms with Gasteiger partial charge in [-0.1, -0.05) is 0 Å². The summed E-state index contributed by atoms with van der Waals surface area (Å²) in [6.45, 7) is 1.91. The van der Waals surface area contributed by atoms with Crippen LogP contribution in [0.2, 0.25) is 0 Å². The molecule has 0 spiro atoms. The lowest BCUT2D eigenvalue weighted by molar-refractivity contribution is -0.137. The van der Waals surface area contributed by atoms with Crippen molar-refractivity contribution in [2.24, 2.45) is 5.73 Å². The minimum atomic E-state index is -0.962. The average molecular weight is 232 g/mol. The van der Waals surface area contributed by atoms with Crippen molar-refractivity contribution in [3.63, 3.8) is 0 Å². The molecule has 1 amide bonds. The molecule has 0 aromatic rings. The number of carbonyl (C=O) groups is 2. The van der Waals surface area contributed by atoms with Gasteiger partial charge in [0.2, 0.25) is 5.91 Å². The number of hydrogen-bond acceptors (Lipinski definition) is 4. The van der Waals surface area contributed by atoms with Gasteiger partial charge in [0.15, 0.2) is 0 Å². The number of nitrogens with two attached hydrogens (primary N) is 1. The van der Waals surface area contributed by atoms with Gasteiger partial charge in [0, 0.05) is 19.1 Å². The number of aliphatic hydroxyl groups is 1. The van der Waals surface area contributed by atoms with Gasteiger partial charge in [-0.2, -0.15) is 0 Å². The topological polar surface area (TPSA) is 113 Å². The van der Waals surface area contributed by atoms with Gasteiger partial charge >= 0.3 is 5.97 Å². The van der Waals surface area contributed by atoms with Gasteiger partial charge in [0.1, 0.15) is 0 Å². The van der Waals surface area contributed by atoms with Gasteiger partial charge in [0.25, 0.3) is 0 Å². The van der Waals surface area contributed by atoms with Crippen LogP contribution >= 0.6 is 0 Å². The van der Waals surface area contributed by atoms with E-state index in [0.717, 1.165) is 0 Å². The number of hydrogen-bond donors (Lipinski definition) is 4. The van der Waals surface area contributed by atoms with E-state index in [2.05, 4.69) is 5.32 Å². The fraction of sp³-hybridized carbons (Fsp3) is 0.800. The summed E-state index contributed by atoms with van der Waals surface area (Å²) in [6.07, 6.45) is 1.31. The normalized spacial score (nSPS) is 14.2. The molecule has 2 unspecified atom stereocenters. The van der Waals surface area contributed by atoms with Crippen LogP contribution < -0.4 is 11.1 Å². The van der Waals surface area contributed by atoms with Crippen molar-refractivity contribution in [1.29, 1.82) is 0 Å². The number of amides is 1. The van der Waals surface area contributed by atoms with Gasteiger partial charge in [-0.15, -0.1) is 0 Å². The van der Waals surface area contributed by atoms with Crippen molar-refractivity contribution in [3.8, 4) is 0 Å². The monoisotopic (exact) mass is 232 g/mol. The van der Waals surface area contributed by atoms with Gasteiger partial charge in [0.05, 0.1) is 6.04 Å². The number of nitrogens with one attached hydrogen (secondary N) is 1. The number of carboxylic acid groups (broad SMARTS) is 1. The maximum absolute atomic E-state index is 11.4. The first-order valence-electron chi connectivity index (χ1n) is 5.36. The summed E-state index contributed by atoms with van der Waals surface area (Å²) in [6, 6.07) is -0.844. The lowest BCUT2D eigenvalue weighted by Gasteiger charge is -2.16. The van der Waals surface area contributed by atoms with Crippen LogP contribution in [0.4, 0.5) is 0 Å². The van der Waals surface area contributed by atoms with E-state index >= 15 is 0 Å². The Morgan fingerprint density at radius 2 is 2.00 bits per heavy atom. The molecule has 0 aliphatic carbocycles. The zero-order valence-corrected chi connectivity index (χ0v) is 9.48. The zero-order chi connectivity index (χ0) is 12.6. The number of carbonyl (C=O) groups excluding carboxylic acids is 1. The van der Waals surface area contributed by atoms with Gasteiger partial charge < -0.3 is 21.3 Å². The Kier molecular flexibility index (Phi) is 7.49. The molecule has 0 aliphatic heterocycles. The van der Waals surface area contributed by atoms with Crippen LogP contribution in [-0.4, -0.2) is 40.8 Å². The molecule has 0 saturated carbocycles. The molecule has 2 atom stereocenters. The number of aliphatic carboxylic acids is 1. The standard InChI is InChI=1S/C10H20N2O4/c1-7(3-2-6-13)12-10(16)8(11)4-5-9(14)15/h7-8,13H,2-6,11H2,1H3,(H,12,16)(H,14,15). The first kappa shape index (κ1) is 14.9. The molecule has 0 aliphatic rings. The molecule has 0 fully saturated rings. The van der Waals surface area contributed by atoms with Gasteiger partial charge in [-0.25, -0.2) is 0 Å². The molecule has 0 bridgehead atoms. The van der Waals surface area contributed by atoms with E-state index in [1.165, 1.54) is 0 Å². The fourth-order valence-corrected chi connectivity index (χ4v) is 1.23. The highest BCUT2D eigenvalue weighted by Crippen LogP contribution is 1.99. The number of carboxylic acids is 1. The Bertz CT molecular complexity index is 233. The first-order chi connectivity index (χ1) is 7.47. The van der Waals surface area contributed by atoms with Crippen molar-refractivity contribution in [3.05, 3.63) is 0 Å². The molecular weight excluding hydrogens is 212 g/mol. The van der Waals surface area contributed by atoms with E-state index in [4.69, 9.17) is 15.9 Å². The Labute approximate surface area is 94.8 Å². The summed E-state index contributed by atoms with van der Waals surface area (Å²) >= 11 is 0. The Hall–Kier alpha value is -1.14. The van der Waals surface area contributed by atoms with Crippen LogP contribution in [-0.2, 0) is 9.59 Å². The van der Waals surface area contributed by atoms with Crippen molar-refractivity contribution in [1.82, 2.24) is 5.32 Å². The summed E-state index contributed by atoms with van der Waals surface area (Å²) in [5, 5.41) is 19.7. The molecule has 0 rings (SSSR count). The highest BCUT2D eigenvalue weighted by Gasteiger charge is 2.16. The summed E-state index contributed by atoms with van der Waals surface area (Å²) < 4.78 is 0. The van der Waals surface area contributed by atoms with E-state index in [1.54, 1.807) is 0 Å². The second-order valence-corrected chi connectivity index (χ2v) is 3.81. The Morgan fingerprint density at radius 1 is 1.38 bits per heavy atom. The third kappa shape index (κ3) is 7.19. The van der Waals surface area contributed by atoms with Gasteiger partial charge in [-0.05, 0) is 26.2 Å². The van der Waals surface area contributed by atoms with Crippen molar-refractivity contribution in [2.45, 2.75) is 44.7 Å². The quantitative estimate of drug-likeness (QED) is 0.449. The molecule has 6 nitrogen and oxygen atoms in total. The molecule has 0 aromatic carbocycles. The van der Waals surface area contributed by atoms with Crippen LogP contribution in [0.15, 0.2) is 0 Å². The predicted molar refractivity (Wildman–Crippen MR) is 58.8 cm³/mol. The predicted octanol–water partition coefficient (Wildman–Crippen LogP) is -0.544. The van der Waals surface area contributed by atoms with E-state index in [9.17, 15) is 9.59 Å². The molecule has 0 radical (unpaired) electrons. The first-order valence-corrected chi connectivity index (χ1v) is 5.36. The molecule has 0 heterocycles.